The summed E-state index contributed by atoms with van der Waals surface area (Å²) in [7, 11) is 0. The fraction of sp³-hybridized carbons (Fsp3) is 0. The molecule has 0 spiro atoms. The zero-order valence-electron chi connectivity index (χ0n) is 6.72. The molecular weight excluding hydrogens is 189 g/mol. The van der Waals surface area contributed by atoms with Crippen molar-refractivity contribution >= 4 is 28.1 Å². The van der Waals surface area contributed by atoms with Crippen molar-refractivity contribution in [3.63, 3.8) is 0 Å². The van der Waals surface area contributed by atoms with Gasteiger partial charge in [0.15, 0.2) is 0 Å². The summed E-state index contributed by atoms with van der Waals surface area (Å²) in [6.45, 7) is 0. The first-order chi connectivity index (χ1) is 6.18. The van der Waals surface area contributed by atoms with Crippen LogP contribution in [0.5, 0.6) is 0 Å². The fourth-order valence-corrected chi connectivity index (χ4v) is 1.51. The van der Waals surface area contributed by atoms with Gasteiger partial charge in [-0.15, -0.1) is 0 Å². The fourth-order valence-electron chi connectivity index (χ4n) is 1.28. The molecular formula is C10H7ClFN. The van der Waals surface area contributed by atoms with E-state index in [2.05, 4.69) is 0 Å². The standard InChI is InChI=1S/C10H7ClFN/c11-10-8-3-2-7(12)5-6(8)1-4-9(10)13/h1-5H,13H2. The molecule has 0 bridgehead atoms. The highest BCUT2D eigenvalue weighted by Gasteiger charge is 2.02. The van der Waals surface area contributed by atoms with Gasteiger partial charge in [0.05, 0.1) is 10.7 Å². The Morgan fingerprint density at radius 2 is 1.92 bits per heavy atom. The number of hydrogen-bond donors (Lipinski definition) is 1. The summed E-state index contributed by atoms with van der Waals surface area (Å²) in [6, 6.07) is 7.85. The van der Waals surface area contributed by atoms with E-state index < -0.39 is 0 Å². The molecule has 0 aromatic heterocycles. The predicted molar refractivity (Wildman–Crippen MR) is 53.3 cm³/mol. The molecule has 0 aliphatic carbocycles. The van der Waals surface area contributed by atoms with Gasteiger partial charge >= 0.3 is 0 Å². The third-order valence-corrected chi connectivity index (χ3v) is 2.37. The second-order valence-corrected chi connectivity index (χ2v) is 3.21. The minimum absolute atomic E-state index is 0.270. The van der Waals surface area contributed by atoms with Gasteiger partial charge in [-0.2, -0.15) is 0 Å². The average molecular weight is 196 g/mol. The number of hydrogen-bond acceptors (Lipinski definition) is 1. The number of benzene rings is 2. The Labute approximate surface area is 79.9 Å². The summed E-state index contributed by atoms with van der Waals surface area (Å²) >= 11 is 5.93. The number of halogens is 2. The van der Waals surface area contributed by atoms with Crippen molar-refractivity contribution in [1.29, 1.82) is 0 Å². The van der Waals surface area contributed by atoms with Gasteiger partial charge in [0.2, 0.25) is 0 Å². The van der Waals surface area contributed by atoms with Crippen LogP contribution in [-0.2, 0) is 0 Å². The number of fused-ring (bicyclic) bond motifs is 1. The molecule has 2 aromatic rings. The smallest absolute Gasteiger partial charge is 0.123 e. The molecule has 1 nitrogen and oxygen atoms in total. The van der Waals surface area contributed by atoms with Crippen LogP contribution < -0.4 is 5.73 Å². The largest absolute Gasteiger partial charge is 0.398 e. The molecule has 0 atom stereocenters. The zero-order valence-corrected chi connectivity index (χ0v) is 7.48. The third-order valence-electron chi connectivity index (χ3n) is 1.95. The van der Waals surface area contributed by atoms with Crippen molar-refractivity contribution in [2.75, 3.05) is 5.73 Å². The highest BCUT2D eigenvalue weighted by atomic mass is 35.5. The van der Waals surface area contributed by atoms with E-state index in [1.807, 2.05) is 0 Å². The van der Waals surface area contributed by atoms with Gasteiger partial charge in [-0.1, -0.05) is 17.7 Å². The van der Waals surface area contributed by atoms with Gasteiger partial charge in [0.25, 0.3) is 0 Å². The number of nitrogens with two attached hydrogens (primary N) is 1. The van der Waals surface area contributed by atoms with Crippen LogP contribution in [0.15, 0.2) is 30.3 Å². The van der Waals surface area contributed by atoms with Crippen LogP contribution in [0.1, 0.15) is 0 Å². The normalized spacial score (nSPS) is 10.6. The summed E-state index contributed by atoms with van der Waals surface area (Å²) < 4.78 is 12.8. The Morgan fingerprint density at radius 3 is 2.69 bits per heavy atom. The van der Waals surface area contributed by atoms with Crippen molar-refractivity contribution in [2.24, 2.45) is 0 Å². The highest BCUT2D eigenvalue weighted by Crippen LogP contribution is 2.29. The van der Waals surface area contributed by atoms with Crippen molar-refractivity contribution in [3.05, 3.63) is 41.2 Å². The molecule has 0 saturated heterocycles. The van der Waals surface area contributed by atoms with Crippen LogP contribution in [0.2, 0.25) is 5.02 Å². The summed E-state index contributed by atoms with van der Waals surface area (Å²) in [5.74, 6) is -0.270. The van der Waals surface area contributed by atoms with Gasteiger partial charge in [-0.25, -0.2) is 4.39 Å². The molecule has 13 heavy (non-hydrogen) atoms. The zero-order chi connectivity index (χ0) is 9.42. The average Bonchev–Trinajstić information content (AvgIpc) is 2.12. The van der Waals surface area contributed by atoms with Gasteiger partial charge in [0, 0.05) is 5.39 Å². The van der Waals surface area contributed by atoms with Crippen molar-refractivity contribution in [3.8, 4) is 0 Å². The lowest BCUT2D eigenvalue weighted by Gasteiger charge is -2.02. The van der Waals surface area contributed by atoms with Crippen molar-refractivity contribution < 1.29 is 4.39 Å². The van der Waals surface area contributed by atoms with Gasteiger partial charge in [-0.05, 0) is 29.7 Å². The predicted octanol–water partition coefficient (Wildman–Crippen LogP) is 3.21. The molecule has 0 aliphatic heterocycles. The minimum atomic E-state index is -0.270. The highest BCUT2D eigenvalue weighted by molar-refractivity contribution is 6.38. The summed E-state index contributed by atoms with van der Waals surface area (Å²) in [5, 5.41) is 2.03. The Balaban J connectivity index is 2.87. The summed E-state index contributed by atoms with van der Waals surface area (Å²) in [6.07, 6.45) is 0. The molecule has 0 heterocycles. The van der Waals surface area contributed by atoms with Gasteiger partial charge in [-0.3, -0.25) is 0 Å². The van der Waals surface area contributed by atoms with Crippen LogP contribution in [0.25, 0.3) is 10.8 Å². The lowest BCUT2D eigenvalue weighted by molar-refractivity contribution is 0.630. The van der Waals surface area contributed by atoms with E-state index in [0.717, 1.165) is 10.8 Å². The minimum Gasteiger partial charge on any atom is -0.398 e. The van der Waals surface area contributed by atoms with Crippen molar-refractivity contribution in [2.45, 2.75) is 0 Å². The maximum absolute atomic E-state index is 12.8. The van der Waals surface area contributed by atoms with E-state index in [1.165, 1.54) is 12.1 Å². The molecule has 0 aliphatic rings. The van der Waals surface area contributed by atoms with Crippen LogP contribution >= 0.6 is 11.6 Å². The molecule has 0 radical (unpaired) electrons. The Morgan fingerprint density at radius 1 is 1.15 bits per heavy atom. The van der Waals surface area contributed by atoms with E-state index >= 15 is 0 Å². The quantitative estimate of drug-likeness (QED) is 0.642. The second-order valence-electron chi connectivity index (χ2n) is 2.83. The maximum atomic E-state index is 12.8. The molecule has 66 valence electrons. The molecule has 2 aromatic carbocycles. The Kier molecular flexibility index (Phi) is 1.85. The lowest BCUT2D eigenvalue weighted by Crippen LogP contribution is -1.87. The first-order valence-electron chi connectivity index (χ1n) is 3.82. The van der Waals surface area contributed by atoms with E-state index in [9.17, 15) is 4.39 Å². The number of rotatable bonds is 0. The first-order valence-corrected chi connectivity index (χ1v) is 4.19. The second kappa shape index (κ2) is 2.89. The SMILES string of the molecule is Nc1ccc2cc(F)ccc2c1Cl. The molecule has 0 fully saturated rings. The maximum Gasteiger partial charge on any atom is 0.123 e. The molecule has 2 N–H and O–H groups in total. The van der Waals surface area contributed by atoms with Gasteiger partial charge < -0.3 is 5.73 Å². The first kappa shape index (κ1) is 8.32. The monoisotopic (exact) mass is 195 g/mol. The number of nitrogen functional groups attached to an aromatic ring is 1. The van der Waals surface area contributed by atoms with Crippen LogP contribution in [0.4, 0.5) is 10.1 Å². The number of anilines is 1. The van der Waals surface area contributed by atoms with Crippen LogP contribution in [0, 0.1) is 5.82 Å². The van der Waals surface area contributed by atoms with E-state index in [4.69, 9.17) is 17.3 Å². The van der Waals surface area contributed by atoms with Crippen LogP contribution in [0.3, 0.4) is 0 Å². The van der Waals surface area contributed by atoms with Gasteiger partial charge in [0.1, 0.15) is 5.82 Å². The topological polar surface area (TPSA) is 26.0 Å². The van der Waals surface area contributed by atoms with Crippen LogP contribution in [-0.4, -0.2) is 0 Å². The third kappa shape index (κ3) is 1.33. The molecule has 2 rings (SSSR count). The van der Waals surface area contributed by atoms with E-state index in [0.29, 0.717) is 10.7 Å². The van der Waals surface area contributed by atoms with E-state index in [1.54, 1.807) is 18.2 Å². The van der Waals surface area contributed by atoms with Crippen molar-refractivity contribution in [1.82, 2.24) is 0 Å². The van der Waals surface area contributed by atoms with E-state index in [-0.39, 0.29) is 5.82 Å². The Hall–Kier alpha value is -1.28. The summed E-state index contributed by atoms with van der Waals surface area (Å²) in [5.41, 5.74) is 6.11. The molecule has 0 unspecified atom stereocenters. The Bertz CT molecular complexity index is 468. The molecule has 0 amide bonds. The lowest BCUT2D eigenvalue weighted by atomic mass is 10.1. The summed E-state index contributed by atoms with van der Waals surface area (Å²) in [4.78, 5) is 0. The molecule has 0 saturated carbocycles. The molecule has 3 heteroatoms.